The molecular weight excluding hydrogens is 433 g/mol. The number of aryl methyl sites for hydroxylation is 2. The van der Waals surface area contributed by atoms with Gasteiger partial charge < -0.3 is 19.3 Å². The van der Waals surface area contributed by atoms with Crippen molar-refractivity contribution >= 4 is 23.1 Å². The Morgan fingerprint density at radius 3 is 2.31 bits per heavy atom. The Labute approximate surface area is 214 Å². The van der Waals surface area contributed by atoms with E-state index in [1.165, 1.54) is 44.2 Å². The fourth-order valence-electron chi connectivity index (χ4n) is 5.78. The van der Waals surface area contributed by atoms with Crippen molar-refractivity contribution in [3.8, 4) is 0 Å². The van der Waals surface area contributed by atoms with Crippen molar-refractivity contribution in [2.75, 3.05) is 25.5 Å². The van der Waals surface area contributed by atoms with Crippen molar-refractivity contribution in [3.05, 3.63) is 50.4 Å². The second-order valence-electron chi connectivity index (χ2n) is 8.95. The summed E-state index contributed by atoms with van der Waals surface area (Å²) in [7, 11) is 0.392. The summed E-state index contributed by atoms with van der Waals surface area (Å²) in [6.45, 7) is 3.06. The van der Waals surface area contributed by atoms with Gasteiger partial charge in [-0.3, -0.25) is 9.11 Å². The average molecular weight is 464 g/mol. The molecule has 32 heavy (non-hydrogen) atoms. The Kier molecular flexibility index (Phi) is 7.83. The molecule has 2 aromatic rings. The molecule has 2 aliphatic carbocycles. The number of piperidine rings is 1. The topological polar surface area (TPSA) is 76.6 Å². The van der Waals surface area contributed by atoms with Gasteiger partial charge in [0.2, 0.25) is 0 Å². The number of carbonyl (C=O) groups excluding carboxylic acids is 1. The zero-order valence-electron chi connectivity index (χ0n) is 19.1. The van der Waals surface area contributed by atoms with Gasteiger partial charge in [-0.15, -0.1) is 0 Å². The summed E-state index contributed by atoms with van der Waals surface area (Å²) >= 11 is 0. The first-order valence-corrected chi connectivity index (χ1v) is 12.5. The Morgan fingerprint density at radius 2 is 1.72 bits per heavy atom. The van der Waals surface area contributed by atoms with Gasteiger partial charge >= 0.3 is 29.6 Å². The molecule has 0 spiro atoms. The number of carbonyl (C=O) groups is 1. The molecule has 4 heterocycles. The molecular formula is C24H30N3NaO3S. The molecule has 1 aromatic carbocycles. The molecule has 1 atom stereocenters. The van der Waals surface area contributed by atoms with E-state index in [-0.39, 0.29) is 29.6 Å². The van der Waals surface area contributed by atoms with Crippen LogP contribution in [0.1, 0.15) is 65.2 Å². The van der Waals surface area contributed by atoms with Gasteiger partial charge in [-0.2, -0.15) is 0 Å². The summed E-state index contributed by atoms with van der Waals surface area (Å²) in [6, 6.07) is 4.26. The molecule has 6 nitrogen and oxygen atoms in total. The standard InChI is InChI=1S/C13H17N.C11H14N2O3S.Na/c1-14-13-11-6-2-4-9(11)8-10-5-3-7-12(10)13;14-7-12-17(15)10-5-9-6-13-3-1-8(2-4-13)11(9)16-10;/h8,14H,2-7H2,1H3;5,7-8H,1-4,6H2,(H,12,14);/q;;+1/p-1. The number of rotatable bonds is 4. The molecule has 1 unspecified atom stereocenters. The van der Waals surface area contributed by atoms with E-state index in [0.29, 0.717) is 17.4 Å². The fourth-order valence-corrected chi connectivity index (χ4v) is 6.36. The van der Waals surface area contributed by atoms with Crippen molar-refractivity contribution in [3.63, 3.8) is 0 Å². The average Bonchev–Trinajstić information content (AvgIpc) is 3.50. The van der Waals surface area contributed by atoms with Crippen LogP contribution >= 0.6 is 0 Å². The van der Waals surface area contributed by atoms with Crippen molar-refractivity contribution in [1.29, 1.82) is 0 Å². The molecule has 7 rings (SSSR count). The van der Waals surface area contributed by atoms with Crippen molar-refractivity contribution < 1.29 is 43.0 Å². The fraction of sp³-hybridized carbons (Fsp3) is 0.542. The van der Waals surface area contributed by atoms with Crippen LogP contribution in [0.15, 0.2) is 21.6 Å². The summed E-state index contributed by atoms with van der Waals surface area (Å²) in [5.41, 5.74) is 9.06. The summed E-state index contributed by atoms with van der Waals surface area (Å²) in [4.78, 5) is 12.6. The smallest absolute Gasteiger partial charge is 0.568 e. The molecule has 0 radical (unpaired) electrons. The van der Waals surface area contributed by atoms with E-state index in [2.05, 4.69) is 28.1 Å². The van der Waals surface area contributed by atoms with E-state index in [0.717, 1.165) is 43.8 Å². The Bertz CT molecular complexity index is 982. The zero-order chi connectivity index (χ0) is 21.4. The first kappa shape index (κ1) is 24.0. The normalized spacial score (nSPS) is 22.9. The molecule has 1 N–H and O–H groups in total. The van der Waals surface area contributed by atoms with Crippen LogP contribution in [0.25, 0.3) is 4.72 Å². The number of anilines is 1. The van der Waals surface area contributed by atoms with Gasteiger partial charge in [0.15, 0.2) is 5.09 Å². The van der Waals surface area contributed by atoms with Crippen LogP contribution in [0.3, 0.4) is 0 Å². The van der Waals surface area contributed by atoms with Gasteiger partial charge in [0.1, 0.15) is 5.76 Å². The van der Waals surface area contributed by atoms with E-state index in [1.54, 1.807) is 28.3 Å². The van der Waals surface area contributed by atoms with Gasteiger partial charge in [0.25, 0.3) is 0 Å². The van der Waals surface area contributed by atoms with Crippen LogP contribution < -0.4 is 34.9 Å². The van der Waals surface area contributed by atoms with Crippen molar-refractivity contribution in [2.24, 2.45) is 0 Å². The van der Waals surface area contributed by atoms with E-state index in [4.69, 9.17) is 4.42 Å². The Balaban J connectivity index is 0.000000151. The first-order chi connectivity index (χ1) is 15.2. The van der Waals surface area contributed by atoms with Crippen LogP contribution in [-0.4, -0.2) is 35.7 Å². The van der Waals surface area contributed by atoms with Crippen LogP contribution in [0, 0.1) is 0 Å². The number of hydrogen-bond donors (Lipinski definition) is 1. The number of nitrogens with one attached hydrogen (secondary N) is 1. The molecule has 1 aromatic heterocycles. The van der Waals surface area contributed by atoms with Gasteiger partial charge in [-0.25, -0.2) is 0 Å². The van der Waals surface area contributed by atoms with Crippen molar-refractivity contribution in [1.82, 2.24) is 4.90 Å². The third kappa shape index (κ3) is 4.60. The number of amides is 1. The minimum Gasteiger partial charge on any atom is -0.568 e. The third-order valence-corrected chi connectivity index (χ3v) is 8.03. The predicted molar refractivity (Wildman–Crippen MR) is 122 cm³/mol. The monoisotopic (exact) mass is 463 g/mol. The van der Waals surface area contributed by atoms with Gasteiger partial charge in [-0.05, 0) is 92.8 Å². The zero-order valence-corrected chi connectivity index (χ0v) is 21.9. The molecule has 8 heteroatoms. The summed E-state index contributed by atoms with van der Waals surface area (Å²) in [5.74, 6) is 1.39. The maximum Gasteiger partial charge on any atom is 1.00 e. The van der Waals surface area contributed by atoms with Crippen LogP contribution in [-0.2, 0) is 48.0 Å². The molecule has 1 saturated heterocycles. The number of fused-ring (bicyclic) bond motifs is 4. The molecule has 0 saturated carbocycles. The molecule has 2 bridgehead atoms. The van der Waals surface area contributed by atoms with Gasteiger partial charge in [0.05, 0.1) is 0 Å². The summed E-state index contributed by atoms with van der Waals surface area (Å²) < 4.78 is 20.5. The molecule has 1 fully saturated rings. The van der Waals surface area contributed by atoms with E-state index in [1.807, 2.05) is 0 Å². The first-order valence-electron chi connectivity index (χ1n) is 11.4. The van der Waals surface area contributed by atoms with Gasteiger partial charge in [0, 0.05) is 48.2 Å². The van der Waals surface area contributed by atoms with E-state index in [9.17, 15) is 9.00 Å². The number of hydrogen-bond acceptors (Lipinski definition) is 5. The number of benzene rings is 1. The predicted octanol–water partition coefficient (Wildman–Crippen LogP) is 1.24. The minimum atomic E-state index is -1.68. The van der Waals surface area contributed by atoms with Crippen molar-refractivity contribution in [2.45, 2.75) is 68.9 Å². The Morgan fingerprint density at radius 1 is 1.06 bits per heavy atom. The minimum absolute atomic E-state index is 0. The SMILES string of the molecule is CNc1c2c(cc3c1CCC3)CCC2.O=C[N-]S(=O)c1cc2c(o1)C1CCN(CC1)C2.[Na+]. The van der Waals surface area contributed by atoms with Crippen LogP contribution in [0.2, 0.25) is 0 Å². The largest absolute Gasteiger partial charge is 1.00 e. The summed E-state index contributed by atoms with van der Waals surface area (Å²) in [6.07, 6.45) is 10.4. The molecule has 166 valence electrons. The number of nitrogens with zero attached hydrogens (tertiary/aromatic N) is 2. The van der Waals surface area contributed by atoms with Crippen LogP contribution in [0.5, 0.6) is 0 Å². The maximum absolute atomic E-state index is 11.6. The molecule has 1 amide bonds. The second kappa shape index (κ2) is 10.4. The van der Waals surface area contributed by atoms with Crippen LogP contribution in [0.4, 0.5) is 5.69 Å². The van der Waals surface area contributed by atoms with Gasteiger partial charge in [-0.1, -0.05) is 6.07 Å². The van der Waals surface area contributed by atoms with E-state index < -0.39 is 11.0 Å². The third-order valence-electron chi connectivity index (χ3n) is 7.21. The Hall–Kier alpha value is -1.12. The second-order valence-corrected chi connectivity index (χ2v) is 10.1. The quantitative estimate of drug-likeness (QED) is 0.545. The maximum atomic E-state index is 11.6. The molecule has 3 aliphatic heterocycles. The van der Waals surface area contributed by atoms with E-state index >= 15 is 0 Å². The molecule has 5 aliphatic rings. The summed E-state index contributed by atoms with van der Waals surface area (Å²) in [5, 5.41) is 3.73. The number of furan rings is 1.